The van der Waals surface area contributed by atoms with Crippen LogP contribution in [0, 0.1) is 0 Å². The second kappa shape index (κ2) is 3.25. The first-order valence-electron chi connectivity index (χ1n) is 3.67. The summed E-state index contributed by atoms with van der Waals surface area (Å²) in [6, 6.07) is 1.98. The highest BCUT2D eigenvalue weighted by Gasteiger charge is 2.18. The minimum atomic E-state index is 0.337. The van der Waals surface area contributed by atoms with E-state index in [4.69, 9.17) is 16.3 Å². The van der Waals surface area contributed by atoms with Gasteiger partial charge in [-0.15, -0.1) is 0 Å². The Kier molecular flexibility index (Phi) is 2.10. The molecular formula is C7H8ClN3O. The molecule has 5 heteroatoms. The molecule has 64 valence electrons. The molecule has 0 aromatic carbocycles. The largest absolute Gasteiger partial charge is 0.377 e. The Morgan fingerprint density at radius 2 is 2.42 bits per heavy atom. The zero-order valence-corrected chi connectivity index (χ0v) is 7.08. The third-order valence-electron chi connectivity index (χ3n) is 1.59. The van der Waals surface area contributed by atoms with Crippen molar-refractivity contribution >= 4 is 17.5 Å². The van der Waals surface area contributed by atoms with E-state index in [9.17, 15) is 0 Å². The molecule has 1 N–H and O–H groups in total. The summed E-state index contributed by atoms with van der Waals surface area (Å²) in [6.45, 7) is 1.44. The zero-order chi connectivity index (χ0) is 8.39. The second-order valence-electron chi connectivity index (χ2n) is 2.58. The molecule has 0 spiro atoms. The van der Waals surface area contributed by atoms with Crippen LogP contribution in [0.15, 0.2) is 12.3 Å². The molecule has 0 saturated carbocycles. The molecule has 1 aliphatic heterocycles. The second-order valence-corrected chi connectivity index (χ2v) is 2.97. The van der Waals surface area contributed by atoms with E-state index in [0.29, 0.717) is 17.1 Å². The van der Waals surface area contributed by atoms with Crippen LogP contribution in [-0.4, -0.2) is 29.2 Å². The standard InChI is InChI=1S/C7H8ClN3O/c8-6-1-2-9-7(11-6)10-5-3-12-4-5/h1-2,5H,3-4H2,(H,9,10,11). The van der Waals surface area contributed by atoms with E-state index in [-0.39, 0.29) is 0 Å². The molecule has 1 saturated heterocycles. The van der Waals surface area contributed by atoms with Crippen molar-refractivity contribution in [3.63, 3.8) is 0 Å². The molecule has 0 amide bonds. The number of aromatic nitrogens is 2. The maximum Gasteiger partial charge on any atom is 0.224 e. The van der Waals surface area contributed by atoms with E-state index in [1.807, 2.05) is 0 Å². The summed E-state index contributed by atoms with van der Waals surface area (Å²) < 4.78 is 4.99. The highest BCUT2D eigenvalue weighted by atomic mass is 35.5. The predicted octanol–water partition coefficient (Wildman–Crippen LogP) is 0.941. The van der Waals surface area contributed by atoms with E-state index in [1.165, 1.54) is 0 Å². The first-order chi connectivity index (χ1) is 5.84. The summed E-state index contributed by atoms with van der Waals surface area (Å²) in [7, 11) is 0. The van der Waals surface area contributed by atoms with Gasteiger partial charge in [-0.05, 0) is 6.07 Å². The molecule has 0 aliphatic carbocycles. The SMILES string of the molecule is Clc1ccnc(NC2COC2)n1. The Hall–Kier alpha value is -0.870. The Morgan fingerprint density at radius 3 is 3.00 bits per heavy atom. The van der Waals surface area contributed by atoms with Gasteiger partial charge in [-0.25, -0.2) is 9.97 Å². The van der Waals surface area contributed by atoms with Crippen molar-refractivity contribution in [1.29, 1.82) is 0 Å². The molecule has 0 radical (unpaired) electrons. The third kappa shape index (κ3) is 1.65. The van der Waals surface area contributed by atoms with Crippen molar-refractivity contribution in [2.75, 3.05) is 18.5 Å². The van der Waals surface area contributed by atoms with Crippen LogP contribution >= 0.6 is 11.6 Å². The van der Waals surface area contributed by atoms with Crippen molar-refractivity contribution in [3.8, 4) is 0 Å². The molecule has 1 fully saturated rings. The lowest BCUT2D eigenvalue weighted by molar-refractivity contribution is 0.0208. The van der Waals surface area contributed by atoms with Gasteiger partial charge in [0, 0.05) is 6.20 Å². The average Bonchev–Trinajstić information content (AvgIpc) is 1.97. The van der Waals surface area contributed by atoms with Gasteiger partial charge in [0.2, 0.25) is 5.95 Å². The van der Waals surface area contributed by atoms with Crippen LogP contribution in [0.5, 0.6) is 0 Å². The van der Waals surface area contributed by atoms with Crippen LogP contribution in [0.4, 0.5) is 5.95 Å². The number of halogens is 1. The van der Waals surface area contributed by atoms with Crippen molar-refractivity contribution in [2.24, 2.45) is 0 Å². The van der Waals surface area contributed by atoms with Crippen LogP contribution in [0.2, 0.25) is 5.15 Å². The van der Waals surface area contributed by atoms with Crippen molar-refractivity contribution in [2.45, 2.75) is 6.04 Å². The molecule has 12 heavy (non-hydrogen) atoms. The van der Waals surface area contributed by atoms with Gasteiger partial charge in [0.1, 0.15) is 5.15 Å². The van der Waals surface area contributed by atoms with E-state index in [1.54, 1.807) is 12.3 Å². The Bertz CT molecular complexity index is 277. The Balaban J connectivity index is 2.02. The maximum atomic E-state index is 5.67. The highest BCUT2D eigenvalue weighted by molar-refractivity contribution is 6.29. The Morgan fingerprint density at radius 1 is 1.58 bits per heavy atom. The highest BCUT2D eigenvalue weighted by Crippen LogP contribution is 2.10. The maximum absolute atomic E-state index is 5.67. The lowest BCUT2D eigenvalue weighted by Crippen LogP contribution is -2.40. The summed E-state index contributed by atoms with van der Waals surface area (Å²) in [5, 5.41) is 3.54. The van der Waals surface area contributed by atoms with E-state index in [2.05, 4.69) is 15.3 Å². The summed E-state index contributed by atoms with van der Waals surface area (Å²) in [4.78, 5) is 7.98. The monoisotopic (exact) mass is 185 g/mol. The number of hydrogen-bond donors (Lipinski definition) is 1. The van der Waals surface area contributed by atoms with Gasteiger partial charge >= 0.3 is 0 Å². The minimum absolute atomic E-state index is 0.337. The van der Waals surface area contributed by atoms with E-state index in [0.717, 1.165) is 13.2 Å². The summed E-state index contributed by atoms with van der Waals surface area (Å²) >= 11 is 5.67. The van der Waals surface area contributed by atoms with E-state index >= 15 is 0 Å². The van der Waals surface area contributed by atoms with Crippen LogP contribution in [0.25, 0.3) is 0 Å². The van der Waals surface area contributed by atoms with Gasteiger partial charge in [0.15, 0.2) is 0 Å². The number of rotatable bonds is 2. The van der Waals surface area contributed by atoms with Crippen molar-refractivity contribution in [3.05, 3.63) is 17.4 Å². The van der Waals surface area contributed by atoms with Gasteiger partial charge in [-0.2, -0.15) is 0 Å². The molecule has 2 rings (SSSR count). The number of hydrogen-bond acceptors (Lipinski definition) is 4. The number of anilines is 1. The minimum Gasteiger partial charge on any atom is -0.377 e. The van der Waals surface area contributed by atoms with Gasteiger partial charge < -0.3 is 10.1 Å². The summed E-state index contributed by atoms with van der Waals surface area (Å²) in [5.74, 6) is 0.566. The molecule has 0 atom stereocenters. The molecule has 1 aromatic heterocycles. The van der Waals surface area contributed by atoms with Gasteiger partial charge in [-0.3, -0.25) is 0 Å². The molecule has 4 nitrogen and oxygen atoms in total. The van der Waals surface area contributed by atoms with Crippen LogP contribution < -0.4 is 5.32 Å². The molecular weight excluding hydrogens is 178 g/mol. The first-order valence-corrected chi connectivity index (χ1v) is 4.05. The fourth-order valence-electron chi connectivity index (χ4n) is 0.908. The molecule has 2 heterocycles. The lowest BCUT2D eigenvalue weighted by atomic mass is 10.3. The lowest BCUT2D eigenvalue weighted by Gasteiger charge is -2.26. The number of ether oxygens (including phenoxy) is 1. The zero-order valence-electron chi connectivity index (χ0n) is 6.33. The van der Waals surface area contributed by atoms with Gasteiger partial charge in [0.25, 0.3) is 0 Å². The first kappa shape index (κ1) is 7.76. The quantitative estimate of drug-likeness (QED) is 0.697. The third-order valence-corrected chi connectivity index (χ3v) is 1.80. The normalized spacial score (nSPS) is 17.1. The fourth-order valence-corrected chi connectivity index (χ4v) is 1.04. The smallest absolute Gasteiger partial charge is 0.224 e. The Labute approximate surface area is 74.9 Å². The van der Waals surface area contributed by atoms with Crippen LogP contribution in [0.1, 0.15) is 0 Å². The number of nitrogens with zero attached hydrogens (tertiary/aromatic N) is 2. The van der Waals surface area contributed by atoms with E-state index < -0.39 is 0 Å². The van der Waals surface area contributed by atoms with Crippen LogP contribution in [-0.2, 0) is 4.74 Å². The number of nitrogens with one attached hydrogen (secondary N) is 1. The average molecular weight is 186 g/mol. The van der Waals surface area contributed by atoms with Gasteiger partial charge in [-0.1, -0.05) is 11.6 Å². The summed E-state index contributed by atoms with van der Waals surface area (Å²) in [5.41, 5.74) is 0. The predicted molar refractivity (Wildman–Crippen MR) is 45.3 cm³/mol. The van der Waals surface area contributed by atoms with Crippen molar-refractivity contribution in [1.82, 2.24) is 9.97 Å². The molecule has 0 bridgehead atoms. The fraction of sp³-hybridized carbons (Fsp3) is 0.429. The van der Waals surface area contributed by atoms with Crippen LogP contribution in [0.3, 0.4) is 0 Å². The summed E-state index contributed by atoms with van der Waals surface area (Å²) in [6.07, 6.45) is 1.62. The van der Waals surface area contributed by atoms with Gasteiger partial charge in [0.05, 0.1) is 19.3 Å². The molecule has 0 unspecified atom stereocenters. The topological polar surface area (TPSA) is 47.0 Å². The van der Waals surface area contributed by atoms with Crippen molar-refractivity contribution < 1.29 is 4.74 Å². The molecule has 1 aliphatic rings. The molecule has 1 aromatic rings.